The molecular weight excluding hydrogens is 234 g/mol. The average molecular weight is 241 g/mol. The predicted molar refractivity (Wildman–Crippen MR) is 59.0 cm³/mol. The lowest BCUT2D eigenvalue weighted by molar-refractivity contribution is 0.429. The second-order valence-electron chi connectivity index (χ2n) is 3.63. The topological polar surface area (TPSA) is 105 Å². The van der Waals surface area contributed by atoms with Crippen LogP contribution in [0.15, 0.2) is 27.5 Å². The Morgan fingerprint density at radius 2 is 2.33 bits per heavy atom. The van der Waals surface area contributed by atoms with Gasteiger partial charge in [0.2, 0.25) is 5.82 Å². The highest BCUT2D eigenvalue weighted by Gasteiger charge is 2.18. The number of furan rings is 1. The second kappa shape index (κ2) is 3.85. The minimum absolute atomic E-state index is 0.228. The zero-order chi connectivity index (χ0) is 12.5. The number of hydrogen-bond acceptors (Lipinski definition) is 6. The molecule has 0 aliphatic rings. The molecule has 18 heavy (non-hydrogen) atoms. The molecular formula is C11H7N5O2. The van der Waals surface area contributed by atoms with Crippen molar-refractivity contribution in [1.29, 1.82) is 5.26 Å². The highest BCUT2D eigenvalue weighted by Crippen LogP contribution is 2.25. The van der Waals surface area contributed by atoms with Gasteiger partial charge in [0.1, 0.15) is 11.8 Å². The summed E-state index contributed by atoms with van der Waals surface area (Å²) in [6.45, 7) is 1.88. The SMILES string of the molecule is Cc1ccoc1-c1noc(-c2cn[nH]c2C#N)n1. The van der Waals surface area contributed by atoms with Crippen molar-refractivity contribution in [1.82, 2.24) is 20.3 Å². The van der Waals surface area contributed by atoms with E-state index >= 15 is 0 Å². The molecule has 3 aromatic rings. The normalized spacial score (nSPS) is 10.4. The summed E-state index contributed by atoms with van der Waals surface area (Å²) in [5.41, 5.74) is 1.66. The molecule has 0 saturated heterocycles. The van der Waals surface area contributed by atoms with E-state index in [4.69, 9.17) is 14.2 Å². The third kappa shape index (κ3) is 1.48. The van der Waals surface area contributed by atoms with Crippen LogP contribution < -0.4 is 0 Å². The number of aromatic nitrogens is 4. The highest BCUT2D eigenvalue weighted by atomic mass is 16.5. The molecule has 0 atom stereocenters. The van der Waals surface area contributed by atoms with Crippen molar-refractivity contribution >= 4 is 0 Å². The van der Waals surface area contributed by atoms with Crippen LogP contribution in [-0.4, -0.2) is 20.3 Å². The maximum absolute atomic E-state index is 8.87. The van der Waals surface area contributed by atoms with E-state index in [1.807, 2.05) is 19.1 Å². The summed E-state index contributed by atoms with van der Waals surface area (Å²) in [4.78, 5) is 4.18. The summed E-state index contributed by atoms with van der Waals surface area (Å²) >= 11 is 0. The number of nitrogens with one attached hydrogen (secondary N) is 1. The Kier molecular flexibility index (Phi) is 2.20. The largest absolute Gasteiger partial charge is 0.461 e. The predicted octanol–water partition coefficient (Wildman–Crippen LogP) is 1.90. The van der Waals surface area contributed by atoms with Gasteiger partial charge in [-0.1, -0.05) is 5.16 Å². The quantitative estimate of drug-likeness (QED) is 0.734. The van der Waals surface area contributed by atoms with Crippen LogP contribution in [-0.2, 0) is 0 Å². The minimum Gasteiger partial charge on any atom is -0.461 e. The first-order valence-corrected chi connectivity index (χ1v) is 5.11. The number of nitrogens with zero attached hydrogens (tertiary/aromatic N) is 4. The fourth-order valence-electron chi connectivity index (χ4n) is 1.56. The van der Waals surface area contributed by atoms with E-state index in [1.165, 1.54) is 6.20 Å². The van der Waals surface area contributed by atoms with E-state index < -0.39 is 0 Å². The van der Waals surface area contributed by atoms with Crippen LogP contribution in [0.25, 0.3) is 23.0 Å². The first-order valence-electron chi connectivity index (χ1n) is 5.11. The van der Waals surface area contributed by atoms with E-state index in [0.29, 0.717) is 17.1 Å². The molecule has 0 aliphatic carbocycles. The van der Waals surface area contributed by atoms with Gasteiger partial charge in [-0.15, -0.1) is 0 Å². The van der Waals surface area contributed by atoms with E-state index in [2.05, 4.69) is 20.3 Å². The van der Waals surface area contributed by atoms with Gasteiger partial charge >= 0.3 is 0 Å². The molecule has 0 bridgehead atoms. The molecule has 3 heterocycles. The van der Waals surface area contributed by atoms with E-state index in [9.17, 15) is 0 Å². The van der Waals surface area contributed by atoms with Gasteiger partial charge in [0.25, 0.3) is 5.89 Å². The Labute approximate surface area is 101 Å². The van der Waals surface area contributed by atoms with Gasteiger partial charge in [-0.05, 0) is 18.6 Å². The molecule has 3 rings (SSSR count). The minimum atomic E-state index is 0.228. The molecule has 0 aliphatic heterocycles. The summed E-state index contributed by atoms with van der Waals surface area (Å²) in [7, 11) is 0. The third-order valence-electron chi connectivity index (χ3n) is 2.47. The average Bonchev–Trinajstić information content (AvgIpc) is 3.06. The summed E-state index contributed by atoms with van der Waals surface area (Å²) in [5.74, 6) is 1.12. The van der Waals surface area contributed by atoms with Crippen molar-refractivity contribution in [3.05, 3.63) is 29.8 Å². The monoisotopic (exact) mass is 241 g/mol. The Hall–Kier alpha value is -2.88. The Balaban J connectivity index is 2.06. The molecule has 0 amide bonds. The van der Waals surface area contributed by atoms with Crippen molar-refractivity contribution in [2.75, 3.05) is 0 Å². The highest BCUT2D eigenvalue weighted by molar-refractivity contribution is 5.62. The molecule has 0 fully saturated rings. The lowest BCUT2D eigenvalue weighted by Gasteiger charge is -1.88. The molecule has 0 aromatic carbocycles. The maximum atomic E-state index is 8.87. The summed E-state index contributed by atoms with van der Waals surface area (Å²) < 4.78 is 10.4. The summed E-state index contributed by atoms with van der Waals surface area (Å²) in [6, 6.07) is 3.77. The summed E-state index contributed by atoms with van der Waals surface area (Å²) in [5, 5.41) is 19.0. The molecule has 1 N–H and O–H groups in total. The first kappa shape index (κ1) is 10.3. The van der Waals surface area contributed by atoms with Gasteiger partial charge in [-0.25, -0.2) is 0 Å². The fourth-order valence-corrected chi connectivity index (χ4v) is 1.56. The number of hydrogen-bond donors (Lipinski definition) is 1. The number of aryl methyl sites for hydroxylation is 1. The van der Waals surface area contributed by atoms with E-state index in [-0.39, 0.29) is 11.6 Å². The van der Waals surface area contributed by atoms with Crippen LogP contribution >= 0.6 is 0 Å². The third-order valence-corrected chi connectivity index (χ3v) is 2.47. The van der Waals surface area contributed by atoms with Gasteiger partial charge in [0.05, 0.1) is 18.0 Å². The van der Waals surface area contributed by atoms with Crippen LogP contribution in [0.5, 0.6) is 0 Å². The Bertz CT molecular complexity index is 731. The summed E-state index contributed by atoms with van der Waals surface area (Å²) in [6.07, 6.45) is 3.02. The number of H-pyrrole nitrogens is 1. The van der Waals surface area contributed by atoms with Crippen LogP contribution in [0.3, 0.4) is 0 Å². The number of aromatic amines is 1. The molecule has 0 radical (unpaired) electrons. The van der Waals surface area contributed by atoms with Crippen LogP contribution in [0, 0.1) is 18.3 Å². The van der Waals surface area contributed by atoms with Crippen molar-refractivity contribution in [3.63, 3.8) is 0 Å². The number of rotatable bonds is 2. The molecule has 0 spiro atoms. The molecule has 0 unspecified atom stereocenters. The molecule has 88 valence electrons. The lowest BCUT2D eigenvalue weighted by atomic mass is 10.2. The van der Waals surface area contributed by atoms with Crippen molar-refractivity contribution in [3.8, 4) is 29.1 Å². The van der Waals surface area contributed by atoms with Gasteiger partial charge in [-0.2, -0.15) is 15.3 Å². The van der Waals surface area contributed by atoms with E-state index in [0.717, 1.165) is 5.56 Å². The molecule has 3 aromatic heterocycles. The zero-order valence-corrected chi connectivity index (χ0v) is 9.34. The molecule has 7 heteroatoms. The van der Waals surface area contributed by atoms with Crippen LogP contribution in [0.4, 0.5) is 0 Å². The van der Waals surface area contributed by atoms with Gasteiger partial charge in [0, 0.05) is 0 Å². The lowest BCUT2D eigenvalue weighted by Crippen LogP contribution is -1.82. The standard InChI is InChI=1S/C11H7N5O2/c1-6-2-3-17-9(6)10-14-11(18-16-10)7-5-13-15-8(7)4-12/h2-3,5H,1H3,(H,13,15). The van der Waals surface area contributed by atoms with Crippen molar-refractivity contribution < 1.29 is 8.94 Å². The molecule has 0 saturated carbocycles. The fraction of sp³-hybridized carbons (Fsp3) is 0.0909. The van der Waals surface area contributed by atoms with Crippen LogP contribution in [0.1, 0.15) is 11.3 Å². The zero-order valence-electron chi connectivity index (χ0n) is 9.34. The molecule has 7 nitrogen and oxygen atoms in total. The number of nitriles is 1. The Morgan fingerprint density at radius 3 is 3.06 bits per heavy atom. The van der Waals surface area contributed by atoms with Gasteiger partial charge < -0.3 is 8.94 Å². The maximum Gasteiger partial charge on any atom is 0.262 e. The first-order chi connectivity index (χ1) is 8.79. The van der Waals surface area contributed by atoms with Crippen molar-refractivity contribution in [2.45, 2.75) is 6.92 Å². The van der Waals surface area contributed by atoms with Gasteiger partial charge in [0.15, 0.2) is 5.76 Å². The smallest absolute Gasteiger partial charge is 0.262 e. The van der Waals surface area contributed by atoms with E-state index in [1.54, 1.807) is 6.26 Å². The van der Waals surface area contributed by atoms with Crippen LogP contribution in [0.2, 0.25) is 0 Å². The Morgan fingerprint density at radius 1 is 1.44 bits per heavy atom. The van der Waals surface area contributed by atoms with Crippen molar-refractivity contribution in [2.24, 2.45) is 0 Å². The second-order valence-corrected chi connectivity index (χ2v) is 3.63. The van der Waals surface area contributed by atoms with Gasteiger partial charge in [-0.3, -0.25) is 5.10 Å².